The van der Waals surface area contributed by atoms with Gasteiger partial charge in [0.2, 0.25) is 0 Å². The van der Waals surface area contributed by atoms with Crippen molar-refractivity contribution in [3.63, 3.8) is 0 Å². The third-order valence-corrected chi connectivity index (χ3v) is 4.05. The van der Waals surface area contributed by atoms with Crippen molar-refractivity contribution in [1.82, 2.24) is 10.6 Å². The van der Waals surface area contributed by atoms with Crippen molar-refractivity contribution in [1.29, 1.82) is 0 Å². The van der Waals surface area contributed by atoms with Gasteiger partial charge in [-0.3, -0.25) is 4.79 Å². The SMILES string of the molecule is O=CCNC(=O)c1cccc(NC(=O)NCc2cccc3ccccc23)c1. The first-order valence-electron chi connectivity index (χ1n) is 8.51. The largest absolute Gasteiger partial charge is 0.345 e. The van der Waals surface area contributed by atoms with E-state index in [1.807, 2.05) is 42.5 Å². The molecule has 136 valence electrons. The van der Waals surface area contributed by atoms with Crippen molar-refractivity contribution >= 4 is 34.7 Å². The zero-order chi connectivity index (χ0) is 19.1. The molecule has 0 unspecified atom stereocenters. The lowest BCUT2D eigenvalue weighted by atomic mass is 10.0. The highest BCUT2D eigenvalue weighted by atomic mass is 16.2. The maximum Gasteiger partial charge on any atom is 0.319 e. The van der Waals surface area contributed by atoms with E-state index in [9.17, 15) is 14.4 Å². The Morgan fingerprint density at radius 1 is 0.889 bits per heavy atom. The molecule has 0 fully saturated rings. The Hall–Kier alpha value is -3.67. The summed E-state index contributed by atoms with van der Waals surface area (Å²) in [6.07, 6.45) is 0.612. The molecule has 0 aliphatic rings. The van der Waals surface area contributed by atoms with Crippen LogP contribution in [0, 0.1) is 0 Å². The van der Waals surface area contributed by atoms with Crippen LogP contribution in [0.1, 0.15) is 15.9 Å². The molecule has 0 bridgehead atoms. The normalized spacial score (nSPS) is 10.2. The fraction of sp³-hybridized carbons (Fsp3) is 0.0952. The summed E-state index contributed by atoms with van der Waals surface area (Å²) in [5.41, 5.74) is 1.87. The van der Waals surface area contributed by atoms with Crippen molar-refractivity contribution < 1.29 is 14.4 Å². The highest BCUT2D eigenvalue weighted by Crippen LogP contribution is 2.18. The lowest BCUT2D eigenvalue weighted by Gasteiger charge is -2.10. The van der Waals surface area contributed by atoms with Gasteiger partial charge in [-0.2, -0.15) is 0 Å². The summed E-state index contributed by atoms with van der Waals surface area (Å²) in [6, 6.07) is 20.1. The Morgan fingerprint density at radius 2 is 1.67 bits per heavy atom. The summed E-state index contributed by atoms with van der Waals surface area (Å²) >= 11 is 0. The van der Waals surface area contributed by atoms with E-state index in [1.54, 1.807) is 24.3 Å². The first kappa shape index (κ1) is 18.1. The van der Waals surface area contributed by atoms with E-state index >= 15 is 0 Å². The van der Waals surface area contributed by atoms with Gasteiger partial charge in [0.1, 0.15) is 6.29 Å². The monoisotopic (exact) mass is 361 g/mol. The van der Waals surface area contributed by atoms with E-state index < -0.39 is 0 Å². The Kier molecular flexibility index (Phi) is 5.79. The summed E-state index contributed by atoms with van der Waals surface area (Å²) in [7, 11) is 0. The Balaban J connectivity index is 1.62. The number of amides is 3. The zero-order valence-corrected chi connectivity index (χ0v) is 14.6. The summed E-state index contributed by atoms with van der Waals surface area (Å²) in [5, 5.41) is 10.2. The number of anilines is 1. The number of aldehydes is 1. The second-order valence-electron chi connectivity index (χ2n) is 5.90. The Bertz CT molecular complexity index is 980. The second kappa shape index (κ2) is 8.62. The van der Waals surface area contributed by atoms with Crippen LogP contribution >= 0.6 is 0 Å². The number of urea groups is 1. The summed E-state index contributed by atoms with van der Waals surface area (Å²) in [4.78, 5) is 34.4. The summed E-state index contributed by atoms with van der Waals surface area (Å²) in [5.74, 6) is -0.373. The maximum absolute atomic E-state index is 12.2. The molecule has 0 aliphatic heterocycles. The van der Waals surface area contributed by atoms with Crippen LogP contribution in [0.3, 0.4) is 0 Å². The van der Waals surface area contributed by atoms with Crippen LogP contribution in [0.25, 0.3) is 10.8 Å². The van der Waals surface area contributed by atoms with Crippen LogP contribution in [-0.2, 0) is 11.3 Å². The number of carbonyl (C=O) groups excluding carboxylic acids is 3. The number of hydrogen-bond acceptors (Lipinski definition) is 3. The van der Waals surface area contributed by atoms with Gasteiger partial charge in [-0.15, -0.1) is 0 Å². The highest BCUT2D eigenvalue weighted by Gasteiger charge is 2.08. The average molecular weight is 361 g/mol. The van der Waals surface area contributed by atoms with Gasteiger partial charge in [0.05, 0.1) is 6.54 Å². The molecule has 0 spiro atoms. The molecule has 6 nitrogen and oxygen atoms in total. The zero-order valence-electron chi connectivity index (χ0n) is 14.6. The van der Waals surface area contributed by atoms with Gasteiger partial charge in [-0.05, 0) is 34.5 Å². The minimum atomic E-state index is -0.373. The van der Waals surface area contributed by atoms with Gasteiger partial charge >= 0.3 is 6.03 Å². The molecule has 0 aromatic heterocycles. The smallest absolute Gasteiger partial charge is 0.319 e. The molecule has 3 rings (SSSR count). The first-order chi connectivity index (χ1) is 13.2. The third-order valence-electron chi connectivity index (χ3n) is 4.05. The fourth-order valence-corrected chi connectivity index (χ4v) is 2.77. The molecule has 0 radical (unpaired) electrons. The topological polar surface area (TPSA) is 87.3 Å². The lowest BCUT2D eigenvalue weighted by Crippen LogP contribution is -2.28. The van der Waals surface area contributed by atoms with Crippen molar-refractivity contribution in [2.45, 2.75) is 6.54 Å². The molecule has 6 heteroatoms. The predicted molar refractivity (Wildman–Crippen MR) is 105 cm³/mol. The quantitative estimate of drug-likeness (QED) is 0.590. The molecule has 3 aromatic carbocycles. The van der Waals surface area contributed by atoms with Crippen molar-refractivity contribution in [2.75, 3.05) is 11.9 Å². The van der Waals surface area contributed by atoms with Crippen LogP contribution in [0.4, 0.5) is 10.5 Å². The molecule has 27 heavy (non-hydrogen) atoms. The van der Waals surface area contributed by atoms with Crippen molar-refractivity contribution in [2.24, 2.45) is 0 Å². The number of fused-ring (bicyclic) bond motifs is 1. The molecule has 3 N–H and O–H groups in total. The molecule has 0 saturated heterocycles. The molecule has 3 amide bonds. The fourth-order valence-electron chi connectivity index (χ4n) is 2.77. The van der Waals surface area contributed by atoms with Crippen LogP contribution in [0.2, 0.25) is 0 Å². The number of carbonyl (C=O) groups is 3. The maximum atomic E-state index is 12.2. The van der Waals surface area contributed by atoms with Crippen LogP contribution in [0.15, 0.2) is 66.7 Å². The lowest BCUT2D eigenvalue weighted by molar-refractivity contribution is -0.107. The van der Waals surface area contributed by atoms with E-state index in [2.05, 4.69) is 16.0 Å². The number of benzene rings is 3. The van der Waals surface area contributed by atoms with Gasteiger partial charge in [0.25, 0.3) is 5.91 Å². The van der Waals surface area contributed by atoms with Gasteiger partial charge in [0.15, 0.2) is 0 Å². The van der Waals surface area contributed by atoms with Crippen LogP contribution < -0.4 is 16.0 Å². The molecular weight excluding hydrogens is 342 g/mol. The van der Waals surface area contributed by atoms with E-state index in [0.29, 0.717) is 24.1 Å². The first-order valence-corrected chi connectivity index (χ1v) is 8.51. The molecule has 0 saturated carbocycles. The molecular formula is C21H19N3O3. The molecule has 0 atom stereocenters. The standard InChI is InChI=1S/C21H19N3O3/c25-12-11-22-20(26)16-7-4-9-18(13-16)24-21(27)23-14-17-8-3-6-15-5-1-2-10-19(15)17/h1-10,12-13H,11,14H2,(H,22,26)(H2,23,24,27). The van der Waals surface area contributed by atoms with Gasteiger partial charge < -0.3 is 20.7 Å². The Labute approximate surface area is 156 Å². The minimum absolute atomic E-state index is 0.0536. The minimum Gasteiger partial charge on any atom is -0.345 e. The number of nitrogens with one attached hydrogen (secondary N) is 3. The van der Waals surface area contributed by atoms with E-state index in [-0.39, 0.29) is 18.5 Å². The van der Waals surface area contributed by atoms with Gasteiger partial charge in [-0.1, -0.05) is 48.5 Å². The summed E-state index contributed by atoms with van der Waals surface area (Å²) < 4.78 is 0. The number of hydrogen-bond donors (Lipinski definition) is 3. The van der Waals surface area contributed by atoms with E-state index in [0.717, 1.165) is 16.3 Å². The van der Waals surface area contributed by atoms with E-state index in [4.69, 9.17) is 0 Å². The second-order valence-corrected chi connectivity index (χ2v) is 5.90. The average Bonchev–Trinajstić information content (AvgIpc) is 2.70. The van der Waals surface area contributed by atoms with Crippen molar-refractivity contribution in [3.8, 4) is 0 Å². The molecule has 0 heterocycles. The van der Waals surface area contributed by atoms with E-state index in [1.165, 1.54) is 0 Å². The van der Waals surface area contributed by atoms with Gasteiger partial charge in [0, 0.05) is 17.8 Å². The molecule has 0 aliphatic carbocycles. The Morgan fingerprint density at radius 3 is 2.52 bits per heavy atom. The van der Waals surface area contributed by atoms with Gasteiger partial charge in [-0.25, -0.2) is 4.79 Å². The highest BCUT2D eigenvalue weighted by molar-refractivity contribution is 5.97. The van der Waals surface area contributed by atoms with Crippen LogP contribution in [0.5, 0.6) is 0 Å². The summed E-state index contributed by atoms with van der Waals surface area (Å²) in [6.45, 7) is 0.328. The molecule has 3 aromatic rings. The number of rotatable bonds is 6. The van der Waals surface area contributed by atoms with Crippen LogP contribution in [-0.4, -0.2) is 24.8 Å². The van der Waals surface area contributed by atoms with Crippen molar-refractivity contribution in [3.05, 3.63) is 77.9 Å². The third kappa shape index (κ3) is 4.70. The predicted octanol–water partition coefficient (Wildman–Crippen LogP) is 3.09.